The number of carboxylic acid groups (broad SMARTS) is 1. The molecule has 6 nitrogen and oxygen atoms in total. The number of carbonyl (C=O) groups excluding carboxylic acids is 1. The van der Waals surface area contributed by atoms with Gasteiger partial charge in [0.25, 0.3) is 0 Å². The fourth-order valence-corrected chi connectivity index (χ4v) is 4.43. The maximum absolute atomic E-state index is 11.2. The van der Waals surface area contributed by atoms with Crippen LogP contribution in [0.15, 0.2) is 103 Å². The van der Waals surface area contributed by atoms with Crippen molar-refractivity contribution in [2.45, 2.75) is 0 Å². The first-order valence-corrected chi connectivity index (χ1v) is 11.1. The Hall–Kier alpha value is -4.37. The zero-order valence-electron chi connectivity index (χ0n) is 19.4. The molecule has 168 valence electrons. The van der Waals surface area contributed by atoms with Gasteiger partial charge in [0.05, 0.1) is 22.7 Å². The fourth-order valence-electron chi connectivity index (χ4n) is 4.43. The van der Waals surface area contributed by atoms with E-state index in [9.17, 15) is 15.0 Å². The molecule has 0 saturated carbocycles. The Bertz CT molecular complexity index is 1730. The standard InChI is InChI=1S/C29H19N3O3.Li/c33-26-17-15-21(22-14-16-24(29(34)35)30-27(22)26)18-10-12-19(13-11-18)28-31-23-8-4-5-9-25(23)32(28)20-6-2-1-3-7-20;/h1-17,33H,(H,34,35);/q;+1/p-1. The molecule has 2 aromatic heterocycles. The van der Waals surface area contributed by atoms with Gasteiger partial charge in [-0.1, -0.05) is 54.6 Å². The molecule has 4 aromatic carbocycles. The van der Waals surface area contributed by atoms with Gasteiger partial charge in [0.2, 0.25) is 0 Å². The van der Waals surface area contributed by atoms with E-state index in [1.54, 1.807) is 12.1 Å². The maximum atomic E-state index is 11.2. The van der Waals surface area contributed by atoms with E-state index >= 15 is 0 Å². The SMILES string of the molecule is O=C([O-])c1ccc2c(-c3ccc(-c4nc5ccccc5n4-c4ccccc4)cc3)ccc(O)c2n1.[Li+]. The molecule has 0 amide bonds. The number of nitrogens with zero attached hydrogens (tertiary/aromatic N) is 3. The first kappa shape index (κ1) is 23.4. The summed E-state index contributed by atoms with van der Waals surface area (Å²) in [6.45, 7) is 0. The number of carboxylic acids is 1. The number of phenolic OH excluding ortho intramolecular Hbond substituents is 1. The first-order valence-electron chi connectivity index (χ1n) is 11.1. The Labute approximate surface area is 218 Å². The summed E-state index contributed by atoms with van der Waals surface area (Å²) in [5.74, 6) is -0.637. The van der Waals surface area contributed by atoms with Crippen molar-refractivity contribution in [3.8, 4) is 34.0 Å². The minimum absolute atomic E-state index is 0. The summed E-state index contributed by atoms with van der Waals surface area (Å²) in [5, 5.41) is 22.1. The van der Waals surface area contributed by atoms with Crippen molar-refractivity contribution in [2.24, 2.45) is 0 Å². The van der Waals surface area contributed by atoms with E-state index in [0.717, 1.165) is 39.2 Å². The Morgan fingerprint density at radius 2 is 1.44 bits per heavy atom. The van der Waals surface area contributed by atoms with Crippen molar-refractivity contribution in [3.63, 3.8) is 0 Å². The molecule has 0 bridgehead atoms. The predicted molar refractivity (Wildman–Crippen MR) is 133 cm³/mol. The topological polar surface area (TPSA) is 91.1 Å². The largest absolute Gasteiger partial charge is 1.00 e. The number of fused-ring (bicyclic) bond motifs is 2. The summed E-state index contributed by atoms with van der Waals surface area (Å²) in [6.07, 6.45) is 0. The summed E-state index contributed by atoms with van der Waals surface area (Å²) in [4.78, 5) is 20.2. The summed E-state index contributed by atoms with van der Waals surface area (Å²) < 4.78 is 2.14. The molecule has 0 fully saturated rings. The van der Waals surface area contributed by atoms with Gasteiger partial charge in [0.1, 0.15) is 17.1 Å². The molecule has 0 radical (unpaired) electrons. The molecule has 1 N–H and O–H groups in total. The number of phenols is 1. The van der Waals surface area contributed by atoms with Crippen LogP contribution in [0, 0.1) is 0 Å². The number of para-hydroxylation sites is 3. The van der Waals surface area contributed by atoms with Crippen LogP contribution < -0.4 is 24.0 Å². The molecule has 7 heteroatoms. The van der Waals surface area contributed by atoms with Crippen molar-refractivity contribution in [3.05, 3.63) is 109 Å². The second-order valence-corrected chi connectivity index (χ2v) is 8.18. The minimum atomic E-state index is -1.39. The molecule has 0 unspecified atom stereocenters. The van der Waals surface area contributed by atoms with Crippen LogP contribution in [0.25, 0.3) is 50.1 Å². The number of pyridine rings is 1. The smallest absolute Gasteiger partial charge is 0.543 e. The fraction of sp³-hybridized carbons (Fsp3) is 0. The third-order valence-corrected chi connectivity index (χ3v) is 6.07. The number of imidazole rings is 1. The molecule has 0 spiro atoms. The number of aromatic carboxylic acids is 1. The van der Waals surface area contributed by atoms with E-state index < -0.39 is 5.97 Å². The molecule has 6 aromatic rings. The molecular weight excluding hydrogens is 445 g/mol. The van der Waals surface area contributed by atoms with E-state index in [1.165, 1.54) is 12.1 Å². The quantitative estimate of drug-likeness (QED) is 0.404. The summed E-state index contributed by atoms with van der Waals surface area (Å²) >= 11 is 0. The predicted octanol–water partition coefficient (Wildman–Crippen LogP) is 1.98. The summed E-state index contributed by atoms with van der Waals surface area (Å²) in [6, 6.07) is 32.5. The minimum Gasteiger partial charge on any atom is -0.543 e. The van der Waals surface area contributed by atoms with Gasteiger partial charge in [0, 0.05) is 16.6 Å². The van der Waals surface area contributed by atoms with Crippen LogP contribution in [0.4, 0.5) is 0 Å². The monoisotopic (exact) mass is 463 g/mol. The Balaban J connectivity index is 0.00000267. The van der Waals surface area contributed by atoms with Gasteiger partial charge in [-0.2, -0.15) is 0 Å². The van der Waals surface area contributed by atoms with Crippen molar-refractivity contribution in [2.75, 3.05) is 0 Å². The van der Waals surface area contributed by atoms with Crippen molar-refractivity contribution >= 4 is 27.9 Å². The van der Waals surface area contributed by atoms with Crippen molar-refractivity contribution in [1.29, 1.82) is 0 Å². The summed E-state index contributed by atoms with van der Waals surface area (Å²) in [7, 11) is 0. The number of benzene rings is 4. The number of carbonyl (C=O) groups is 1. The van der Waals surface area contributed by atoms with Gasteiger partial charge in [-0.25, -0.2) is 9.97 Å². The second kappa shape index (κ2) is 9.35. The van der Waals surface area contributed by atoms with Crippen LogP contribution in [0.3, 0.4) is 0 Å². The average Bonchev–Trinajstić information content (AvgIpc) is 3.29. The van der Waals surface area contributed by atoms with Gasteiger partial charge < -0.3 is 15.0 Å². The van der Waals surface area contributed by atoms with E-state index in [-0.39, 0.29) is 35.8 Å². The molecule has 0 aliphatic heterocycles. The Morgan fingerprint density at radius 3 is 2.19 bits per heavy atom. The molecule has 36 heavy (non-hydrogen) atoms. The molecule has 2 heterocycles. The molecule has 0 saturated heterocycles. The van der Waals surface area contributed by atoms with E-state index in [1.807, 2.05) is 60.7 Å². The van der Waals surface area contributed by atoms with E-state index in [0.29, 0.717) is 5.39 Å². The van der Waals surface area contributed by atoms with Crippen molar-refractivity contribution in [1.82, 2.24) is 14.5 Å². The van der Waals surface area contributed by atoms with Gasteiger partial charge in [-0.3, -0.25) is 4.57 Å². The van der Waals surface area contributed by atoms with Crippen LogP contribution in [0.2, 0.25) is 0 Å². The Morgan fingerprint density at radius 1 is 0.750 bits per heavy atom. The van der Waals surface area contributed by atoms with Crippen LogP contribution in [0.5, 0.6) is 5.75 Å². The molecule has 0 atom stereocenters. The van der Waals surface area contributed by atoms with Crippen LogP contribution in [-0.2, 0) is 0 Å². The van der Waals surface area contributed by atoms with Crippen molar-refractivity contribution < 1.29 is 33.9 Å². The number of aromatic nitrogens is 3. The van der Waals surface area contributed by atoms with Gasteiger partial charge in [-0.15, -0.1) is 0 Å². The second-order valence-electron chi connectivity index (χ2n) is 8.18. The Kier molecular flexibility index (Phi) is 6.07. The van der Waals surface area contributed by atoms with Crippen LogP contribution in [-0.4, -0.2) is 25.6 Å². The number of rotatable bonds is 4. The number of hydrogen-bond donors (Lipinski definition) is 1. The average molecular weight is 463 g/mol. The zero-order valence-corrected chi connectivity index (χ0v) is 19.4. The molecule has 0 aliphatic rings. The summed E-state index contributed by atoms with van der Waals surface area (Å²) in [5.41, 5.74) is 5.66. The van der Waals surface area contributed by atoms with E-state index in [4.69, 9.17) is 4.98 Å². The van der Waals surface area contributed by atoms with Crippen LogP contribution >= 0.6 is 0 Å². The normalized spacial score (nSPS) is 10.9. The maximum Gasteiger partial charge on any atom is 1.00 e. The van der Waals surface area contributed by atoms with Gasteiger partial charge >= 0.3 is 18.9 Å². The van der Waals surface area contributed by atoms with Gasteiger partial charge in [0.15, 0.2) is 0 Å². The van der Waals surface area contributed by atoms with Gasteiger partial charge in [-0.05, 0) is 59.7 Å². The number of hydrogen-bond acceptors (Lipinski definition) is 5. The zero-order chi connectivity index (χ0) is 23.9. The third kappa shape index (κ3) is 3.93. The third-order valence-electron chi connectivity index (χ3n) is 6.07. The van der Waals surface area contributed by atoms with Crippen LogP contribution in [0.1, 0.15) is 10.5 Å². The molecular formula is C29H18LiN3O3. The first-order chi connectivity index (χ1) is 17.1. The van der Waals surface area contributed by atoms with E-state index in [2.05, 4.69) is 27.8 Å². The number of aromatic hydroxyl groups is 1. The molecule has 6 rings (SSSR count). The molecule has 0 aliphatic carbocycles.